The van der Waals surface area contributed by atoms with E-state index in [0.29, 0.717) is 0 Å². The number of carbonyl (C=O) groups is 1. The van der Waals surface area contributed by atoms with E-state index < -0.39 is 5.60 Å². The van der Waals surface area contributed by atoms with Crippen LogP contribution in [0.5, 0.6) is 0 Å². The van der Waals surface area contributed by atoms with Gasteiger partial charge in [0.1, 0.15) is 11.4 Å². The van der Waals surface area contributed by atoms with Crippen molar-refractivity contribution >= 4 is 5.97 Å². The lowest BCUT2D eigenvalue weighted by Crippen LogP contribution is -2.59. The average molecular weight is 333 g/mol. The molecule has 4 heteroatoms. The van der Waals surface area contributed by atoms with Crippen LogP contribution in [0.25, 0.3) is 0 Å². The Bertz CT molecular complexity index is 630. The number of fused-ring (bicyclic) bond motifs is 3. The molecule has 1 saturated carbocycles. The molecule has 0 radical (unpaired) electrons. The quantitative estimate of drug-likeness (QED) is 0.784. The summed E-state index contributed by atoms with van der Waals surface area (Å²) in [5.41, 5.74) is 1.56. The first-order chi connectivity index (χ1) is 11.4. The largest absolute Gasteiger partial charge is 0.458 e. The van der Waals surface area contributed by atoms with E-state index in [4.69, 9.17) is 4.74 Å². The van der Waals surface area contributed by atoms with E-state index >= 15 is 0 Å². The van der Waals surface area contributed by atoms with Crippen LogP contribution < -0.4 is 0 Å². The molecule has 0 amide bonds. The van der Waals surface area contributed by atoms with Crippen LogP contribution in [0.2, 0.25) is 0 Å². The first kappa shape index (κ1) is 17.4. The Balaban J connectivity index is 2.14. The minimum absolute atomic E-state index is 0.192. The van der Waals surface area contributed by atoms with Crippen molar-refractivity contribution in [3.05, 3.63) is 35.1 Å². The monoisotopic (exact) mass is 333 g/mol. The molecule has 24 heavy (non-hydrogen) atoms. The second kappa shape index (κ2) is 6.47. The molecule has 3 rings (SSSR count). The summed E-state index contributed by atoms with van der Waals surface area (Å²) in [5, 5.41) is 0. The van der Waals surface area contributed by atoms with Crippen LogP contribution in [-0.2, 0) is 21.4 Å². The van der Waals surface area contributed by atoms with Crippen molar-refractivity contribution in [3.63, 3.8) is 0 Å². The van der Waals surface area contributed by atoms with E-state index in [1.54, 1.807) is 12.1 Å². The number of hydrogen-bond acceptors (Lipinski definition) is 3. The molecule has 1 fully saturated rings. The van der Waals surface area contributed by atoms with Gasteiger partial charge in [-0.3, -0.25) is 4.79 Å². The third-order valence-electron chi connectivity index (χ3n) is 6.02. The highest BCUT2D eigenvalue weighted by molar-refractivity contribution is 5.67. The molecule has 3 nitrogen and oxygen atoms in total. The summed E-state index contributed by atoms with van der Waals surface area (Å²) in [6.07, 6.45) is 6.61. The topological polar surface area (TPSA) is 29.5 Å². The average Bonchev–Trinajstić information content (AvgIpc) is 2.52. The van der Waals surface area contributed by atoms with Crippen molar-refractivity contribution in [1.29, 1.82) is 0 Å². The van der Waals surface area contributed by atoms with Gasteiger partial charge in [0.25, 0.3) is 0 Å². The number of ether oxygens (including phenoxy) is 1. The number of benzene rings is 1. The normalized spacial score (nSPS) is 29.0. The summed E-state index contributed by atoms with van der Waals surface area (Å²) in [6, 6.07) is 5.18. The Morgan fingerprint density at radius 3 is 2.71 bits per heavy atom. The number of aryl methyl sites for hydroxylation is 1. The molecule has 0 aliphatic heterocycles. The van der Waals surface area contributed by atoms with Gasteiger partial charge in [0.15, 0.2) is 0 Å². The van der Waals surface area contributed by atoms with Gasteiger partial charge < -0.3 is 9.64 Å². The zero-order valence-corrected chi connectivity index (χ0v) is 15.0. The fourth-order valence-electron chi connectivity index (χ4n) is 4.97. The third-order valence-corrected chi connectivity index (χ3v) is 6.02. The summed E-state index contributed by atoms with van der Waals surface area (Å²) in [4.78, 5) is 14.1. The lowest BCUT2D eigenvalue weighted by atomic mass is 9.53. The van der Waals surface area contributed by atoms with Gasteiger partial charge in [0, 0.05) is 12.3 Å². The standard InChI is InChI=1S/C20H28FNO2/c1-15(23)24-20-10-5-4-9-19(20,12-13-22(2)3)18-14-17(21)7-6-16(18)8-11-20/h6-7,14H,4-5,8-13H2,1-3H3/t19-,20?/m0/s1. The summed E-state index contributed by atoms with van der Waals surface area (Å²) in [7, 11) is 4.12. The predicted octanol–water partition coefficient (Wildman–Crippen LogP) is 3.84. The summed E-state index contributed by atoms with van der Waals surface area (Å²) in [6.45, 7) is 2.40. The molecule has 0 saturated heterocycles. The maximum atomic E-state index is 14.1. The maximum Gasteiger partial charge on any atom is 0.303 e. The molecular weight excluding hydrogens is 305 g/mol. The van der Waals surface area contributed by atoms with Gasteiger partial charge in [-0.05, 0) is 82.4 Å². The molecule has 1 unspecified atom stereocenters. The van der Waals surface area contributed by atoms with Gasteiger partial charge in [-0.15, -0.1) is 0 Å². The van der Waals surface area contributed by atoms with Gasteiger partial charge >= 0.3 is 5.97 Å². The Kier molecular flexibility index (Phi) is 4.69. The zero-order chi connectivity index (χ0) is 17.4. The number of nitrogens with zero attached hydrogens (tertiary/aromatic N) is 1. The molecule has 132 valence electrons. The minimum Gasteiger partial charge on any atom is -0.458 e. The highest BCUT2D eigenvalue weighted by Gasteiger charge is 2.58. The third kappa shape index (κ3) is 2.85. The molecule has 0 spiro atoms. The molecular formula is C20H28FNO2. The Morgan fingerprint density at radius 1 is 1.25 bits per heavy atom. The van der Waals surface area contributed by atoms with Crippen LogP contribution in [0.1, 0.15) is 56.6 Å². The van der Waals surface area contributed by atoms with Crippen molar-refractivity contribution in [1.82, 2.24) is 4.90 Å². The van der Waals surface area contributed by atoms with E-state index in [2.05, 4.69) is 19.0 Å². The van der Waals surface area contributed by atoms with Crippen molar-refractivity contribution in [3.8, 4) is 0 Å². The van der Waals surface area contributed by atoms with E-state index in [1.165, 1.54) is 12.5 Å². The van der Waals surface area contributed by atoms with Crippen molar-refractivity contribution in [2.75, 3.05) is 20.6 Å². The predicted molar refractivity (Wildman–Crippen MR) is 92.5 cm³/mol. The van der Waals surface area contributed by atoms with Crippen LogP contribution in [0.15, 0.2) is 18.2 Å². The Labute approximate surface area is 144 Å². The molecule has 2 aliphatic rings. The molecule has 0 heterocycles. The molecule has 2 aliphatic carbocycles. The number of hydrogen-bond donors (Lipinski definition) is 0. The van der Waals surface area contributed by atoms with Gasteiger partial charge in [-0.2, -0.15) is 0 Å². The highest BCUT2D eigenvalue weighted by atomic mass is 19.1. The van der Waals surface area contributed by atoms with Crippen molar-refractivity contribution in [2.24, 2.45) is 0 Å². The van der Waals surface area contributed by atoms with Crippen molar-refractivity contribution < 1.29 is 13.9 Å². The number of carbonyl (C=O) groups excluding carboxylic acids is 1. The van der Waals surface area contributed by atoms with Crippen LogP contribution in [0.3, 0.4) is 0 Å². The van der Waals surface area contributed by atoms with Gasteiger partial charge in [0.2, 0.25) is 0 Å². The molecule has 0 aromatic heterocycles. The SMILES string of the molecule is CC(=O)OC12CCCC[C@]1(CCN(C)C)c1cc(F)ccc1CC2. The Hall–Kier alpha value is -1.42. The zero-order valence-electron chi connectivity index (χ0n) is 15.0. The first-order valence-electron chi connectivity index (χ1n) is 9.02. The van der Waals surface area contributed by atoms with Crippen LogP contribution >= 0.6 is 0 Å². The summed E-state index contributed by atoms with van der Waals surface area (Å²) < 4.78 is 20.1. The summed E-state index contributed by atoms with van der Waals surface area (Å²) >= 11 is 0. The van der Waals surface area contributed by atoms with Crippen molar-refractivity contribution in [2.45, 2.75) is 62.9 Å². The Morgan fingerprint density at radius 2 is 2.00 bits per heavy atom. The second-order valence-corrected chi connectivity index (χ2v) is 7.73. The van der Waals surface area contributed by atoms with Crippen LogP contribution in [-0.4, -0.2) is 37.1 Å². The minimum atomic E-state index is -0.478. The smallest absolute Gasteiger partial charge is 0.303 e. The second-order valence-electron chi connectivity index (χ2n) is 7.73. The van der Waals surface area contributed by atoms with E-state index in [1.807, 2.05) is 6.07 Å². The van der Waals surface area contributed by atoms with E-state index in [9.17, 15) is 9.18 Å². The van der Waals surface area contributed by atoms with Crippen LogP contribution in [0, 0.1) is 5.82 Å². The number of esters is 1. The number of halogens is 1. The van der Waals surface area contributed by atoms with E-state index in [0.717, 1.165) is 57.1 Å². The lowest BCUT2D eigenvalue weighted by Gasteiger charge is -2.56. The first-order valence-corrected chi connectivity index (χ1v) is 9.02. The molecule has 1 aromatic carbocycles. The van der Waals surface area contributed by atoms with Gasteiger partial charge in [-0.25, -0.2) is 4.39 Å². The molecule has 0 N–H and O–H groups in total. The fraction of sp³-hybridized carbons (Fsp3) is 0.650. The van der Waals surface area contributed by atoms with Gasteiger partial charge in [0.05, 0.1) is 0 Å². The van der Waals surface area contributed by atoms with Crippen LogP contribution in [0.4, 0.5) is 4.39 Å². The number of rotatable bonds is 4. The molecule has 1 aromatic rings. The molecule has 0 bridgehead atoms. The molecule has 2 atom stereocenters. The summed E-state index contributed by atoms with van der Waals surface area (Å²) in [5.74, 6) is -0.409. The highest BCUT2D eigenvalue weighted by Crippen LogP contribution is 2.56. The lowest BCUT2D eigenvalue weighted by molar-refractivity contribution is -0.177. The fourth-order valence-corrected chi connectivity index (χ4v) is 4.97. The van der Waals surface area contributed by atoms with E-state index in [-0.39, 0.29) is 17.2 Å². The maximum absolute atomic E-state index is 14.1. The van der Waals surface area contributed by atoms with Gasteiger partial charge in [-0.1, -0.05) is 12.5 Å².